The number of hydrogen-bond donors (Lipinski definition) is 1. The van der Waals surface area contributed by atoms with Crippen LogP contribution in [0, 0.1) is 0 Å². The van der Waals surface area contributed by atoms with E-state index in [1.165, 1.54) is 186 Å². The second-order valence-electron chi connectivity index (χ2n) is 14.2. The molecule has 1 aliphatic heterocycles. The van der Waals surface area contributed by atoms with Gasteiger partial charge in [0.1, 0.15) is 19.2 Å². The van der Waals surface area contributed by atoms with Crippen molar-refractivity contribution in [2.24, 2.45) is 4.99 Å². The highest BCUT2D eigenvalue weighted by atomic mass is 35.5. The summed E-state index contributed by atoms with van der Waals surface area (Å²) in [6.07, 6.45) is 48.0. The van der Waals surface area contributed by atoms with Crippen LogP contribution in [0.15, 0.2) is 17.1 Å². The molecular formula is C40H79ClN2O. The molecule has 44 heavy (non-hydrogen) atoms. The minimum atomic E-state index is -0.246. The molecule has 0 radical (unpaired) electrons. The molecule has 0 amide bonds. The Morgan fingerprint density at radius 1 is 0.568 bits per heavy atom. The second kappa shape index (κ2) is 34.0. The maximum atomic E-state index is 10.8. The lowest BCUT2D eigenvalue weighted by Gasteiger charge is -2.32. The molecule has 1 N–H and O–H groups in total. The van der Waals surface area contributed by atoms with Gasteiger partial charge in [-0.2, -0.15) is 0 Å². The number of quaternary nitrogens is 1. The number of unbranched alkanes of at least 4 members (excludes halogenated alkanes) is 27. The van der Waals surface area contributed by atoms with E-state index in [1.807, 2.05) is 0 Å². The Bertz CT molecular complexity index is 624. The second-order valence-corrected chi connectivity index (χ2v) is 14.2. The molecule has 0 aromatic rings. The lowest BCUT2D eigenvalue weighted by molar-refractivity contribution is -0.832. The first kappa shape index (κ1) is 43.6. The third-order valence-electron chi connectivity index (χ3n) is 9.83. The van der Waals surface area contributed by atoms with Crippen LogP contribution in [0.2, 0.25) is 0 Å². The summed E-state index contributed by atoms with van der Waals surface area (Å²) in [5.41, 5.74) is 0. The third-order valence-corrected chi connectivity index (χ3v) is 9.83. The predicted molar refractivity (Wildman–Crippen MR) is 193 cm³/mol. The number of halogens is 1. The molecular weight excluding hydrogens is 560 g/mol. The highest BCUT2D eigenvalue weighted by Crippen LogP contribution is 2.18. The molecule has 2 unspecified atom stereocenters. The first-order chi connectivity index (χ1) is 21.2. The highest BCUT2D eigenvalue weighted by Gasteiger charge is 2.31. The fourth-order valence-electron chi connectivity index (χ4n) is 6.89. The molecule has 0 bridgehead atoms. The Kier molecular flexibility index (Phi) is 33.7. The molecule has 1 rings (SSSR count). The molecule has 4 heteroatoms. The summed E-state index contributed by atoms with van der Waals surface area (Å²) in [7, 11) is 0. The normalized spacial score (nSPS) is 17.1. The van der Waals surface area contributed by atoms with E-state index in [4.69, 9.17) is 0 Å². The van der Waals surface area contributed by atoms with Gasteiger partial charge in [0.25, 0.3) is 0 Å². The van der Waals surface area contributed by atoms with E-state index in [-0.39, 0.29) is 18.5 Å². The molecule has 0 aromatic carbocycles. The lowest BCUT2D eigenvalue weighted by atomic mass is 10.0. The standard InChI is InChI=1S/C40H79N2O.ClH/c1-3-5-7-9-11-13-15-17-19-21-23-25-27-29-31-33-36-42(37-35-41-39-42)38-40(43)34-32-30-28-26-24-22-20-18-16-14-12-10-8-6-4-2;/h30,32,39-40,43H,3-29,31,33-38H2,1-2H3;1H/q+1;/p-1. The Morgan fingerprint density at radius 2 is 0.955 bits per heavy atom. The topological polar surface area (TPSA) is 32.6 Å². The molecule has 0 spiro atoms. The molecule has 2 atom stereocenters. The minimum absolute atomic E-state index is 0. The fraction of sp³-hybridized carbons (Fsp3) is 0.925. The number of aliphatic hydroxyl groups is 1. The van der Waals surface area contributed by atoms with E-state index in [0.717, 1.165) is 37.1 Å². The van der Waals surface area contributed by atoms with Gasteiger partial charge in [0.2, 0.25) is 0 Å². The van der Waals surface area contributed by atoms with Crippen LogP contribution >= 0.6 is 0 Å². The molecule has 0 aromatic heterocycles. The average Bonchev–Trinajstić information content (AvgIpc) is 3.47. The molecule has 3 nitrogen and oxygen atoms in total. The molecule has 0 aliphatic carbocycles. The zero-order chi connectivity index (χ0) is 30.9. The van der Waals surface area contributed by atoms with Crippen molar-refractivity contribution in [1.29, 1.82) is 0 Å². The number of aliphatic imine (C=N–C) groups is 1. The largest absolute Gasteiger partial charge is 1.00 e. The van der Waals surface area contributed by atoms with Crippen LogP contribution in [-0.4, -0.2) is 48.2 Å². The van der Waals surface area contributed by atoms with Crippen molar-refractivity contribution in [3.05, 3.63) is 12.2 Å². The summed E-state index contributed by atoms with van der Waals surface area (Å²) < 4.78 is 0.909. The van der Waals surface area contributed by atoms with Gasteiger partial charge in [0.15, 0.2) is 6.34 Å². The van der Waals surface area contributed by atoms with E-state index in [2.05, 4.69) is 37.3 Å². The highest BCUT2D eigenvalue weighted by molar-refractivity contribution is 5.48. The van der Waals surface area contributed by atoms with Crippen molar-refractivity contribution in [3.63, 3.8) is 0 Å². The maximum absolute atomic E-state index is 10.8. The number of allylic oxidation sites excluding steroid dienone is 1. The van der Waals surface area contributed by atoms with E-state index in [9.17, 15) is 5.11 Å². The number of rotatable bonds is 34. The van der Waals surface area contributed by atoms with E-state index < -0.39 is 0 Å². The van der Waals surface area contributed by atoms with Crippen LogP contribution in [-0.2, 0) is 0 Å². The monoisotopic (exact) mass is 639 g/mol. The zero-order valence-corrected chi connectivity index (χ0v) is 30.8. The molecule has 0 fully saturated rings. The van der Waals surface area contributed by atoms with Crippen molar-refractivity contribution in [3.8, 4) is 0 Å². The summed E-state index contributed by atoms with van der Waals surface area (Å²) in [6, 6.07) is 0. The van der Waals surface area contributed by atoms with Crippen LogP contribution in [0.25, 0.3) is 0 Å². The summed E-state index contributed by atoms with van der Waals surface area (Å²) in [5.74, 6) is 0. The smallest absolute Gasteiger partial charge is 0.185 e. The molecule has 262 valence electrons. The Hall–Kier alpha value is -0.380. The number of aliphatic hydroxyl groups excluding tert-OH is 1. The van der Waals surface area contributed by atoms with Crippen LogP contribution in [0.1, 0.15) is 206 Å². The first-order valence-corrected chi connectivity index (χ1v) is 19.9. The van der Waals surface area contributed by atoms with Crippen LogP contribution in [0.3, 0.4) is 0 Å². The van der Waals surface area contributed by atoms with Gasteiger partial charge >= 0.3 is 0 Å². The average molecular weight is 640 g/mol. The van der Waals surface area contributed by atoms with Crippen LogP contribution in [0.4, 0.5) is 0 Å². The van der Waals surface area contributed by atoms with Gasteiger partial charge in [0, 0.05) is 0 Å². The van der Waals surface area contributed by atoms with Crippen LogP contribution < -0.4 is 12.4 Å². The maximum Gasteiger partial charge on any atom is 0.185 e. The van der Waals surface area contributed by atoms with E-state index in [0.29, 0.717) is 0 Å². The van der Waals surface area contributed by atoms with Gasteiger partial charge in [-0.05, 0) is 32.1 Å². The zero-order valence-electron chi connectivity index (χ0n) is 30.1. The Morgan fingerprint density at radius 3 is 1.34 bits per heavy atom. The van der Waals surface area contributed by atoms with Crippen molar-refractivity contribution < 1.29 is 22.0 Å². The molecule has 1 aliphatic rings. The van der Waals surface area contributed by atoms with E-state index in [1.54, 1.807) is 0 Å². The number of hydrogen-bond acceptors (Lipinski definition) is 2. The first-order valence-electron chi connectivity index (χ1n) is 19.9. The quantitative estimate of drug-likeness (QED) is 0.0425. The Labute approximate surface area is 283 Å². The number of nitrogens with zero attached hydrogens (tertiary/aromatic N) is 2. The van der Waals surface area contributed by atoms with Gasteiger partial charge in [0.05, 0.1) is 13.1 Å². The van der Waals surface area contributed by atoms with Crippen molar-refractivity contribution in [2.75, 3.05) is 26.2 Å². The molecule has 1 heterocycles. The van der Waals surface area contributed by atoms with Gasteiger partial charge in [-0.3, -0.25) is 4.48 Å². The summed E-state index contributed by atoms with van der Waals surface area (Å²) >= 11 is 0. The summed E-state index contributed by atoms with van der Waals surface area (Å²) in [4.78, 5) is 4.58. The molecule has 0 saturated carbocycles. The van der Waals surface area contributed by atoms with E-state index >= 15 is 0 Å². The molecule has 0 saturated heterocycles. The summed E-state index contributed by atoms with van der Waals surface area (Å²) in [5, 5.41) is 10.8. The fourth-order valence-corrected chi connectivity index (χ4v) is 6.89. The minimum Gasteiger partial charge on any atom is -1.00 e. The SMILES string of the molecule is CCCCCCCCCCCCCCC=CCC(O)C[N+]1(CCCCCCCCCCCCCCCCCC)C=NCC1.[Cl-]. The Balaban J connectivity index is 0.0000185. The summed E-state index contributed by atoms with van der Waals surface area (Å²) in [6.45, 7) is 8.60. The predicted octanol–water partition coefficient (Wildman–Crippen LogP) is 9.51. The lowest BCUT2D eigenvalue weighted by Crippen LogP contribution is -3.00. The van der Waals surface area contributed by atoms with Gasteiger partial charge in [-0.25, -0.2) is 4.99 Å². The van der Waals surface area contributed by atoms with Crippen molar-refractivity contribution in [1.82, 2.24) is 0 Å². The van der Waals surface area contributed by atoms with Crippen molar-refractivity contribution >= 4 is 6.34 Å². The third kappa shape index (κ3) is 27.9. The van der Waals surface area contributed by atoms with Crippen molar-refractivity contribution in [2.45, 2.75) is 213 Å². The van der Waals surface area contributed by atoms with Gasteiger partial charge in [-0.1, -0.05) is 187 Å². The van der Waals surface area contributed by atoms with Gasteiger partial charge < -0.3 is 17.5 Å². The van der Waals surface area contributed by atoms with Gasteiger partial charge in [-0.15, -0.1) is 0 Å². The van der Waals surface area contributed by atoms with Crippen LogP contribution in [0.5, 0.6) is 0 Å².